The monoisotopic (exact) mass is 255 g/mol. The normalized spacial score (nSPS) is 9.89. The Morgan fingerprint density at radius 2 is 1.28 bits per heavy atom. The zero-order valence-corrected chi connectivity index (χ0v) is 13.5. The molecule has 0 bridgehead atoms. The minimum atomic E-state index is 0.228. The molecule has 2 nitrogen and oxygen atoms in total. The van der Waals surface area contributed by atoms with E-state index in [1.165, 1.54) is 12.6 Å². The molecule has 1 aromatic rings. The van der Waals surface area contributed by atoms with Gasteiger partial charge in [0.1, 0.15) is 0 Å². The number of hydrogen-bond acceptors (Lipinski definition) is 2. The SMILES string of the molecule is CC.CC.CN.COC(c1ccccc1)C(C)C. The first-order valence-electron chi connectivity index (χ1n) is 6.91. The van der Waals surface area contributed by atoms with Crippen LogP contribution in [0.15, 0.2) is 30.3 Å². The largest absolute Gasteiger partial charge is 0.376 e. The molecule has 2 heteroatoms. The lowest BCUT2D eigenvalue weighted by molar-refractivity contribution is 0.0646. The first-order valence-corrected chi connectivity index (χ1v) is 6.91. The van der Waals surface area contributed by atoms with Crippen LogP contribution in [0.4, 0.5) is 0 Å². The van der Waals surface area contributed by atoms with Crippen LogP contribution in [0.2, 0.25) is 0 Å². The molecule has 2 N–H and O–H groups in total. The highest BCUT2D eigenvalue weighted by molar-refractivity contribution is 5.17. The molecule has 1 rings (SSSR count). The maximum absolute atomic E-state index is 5.40. The predicted octanol–water partition coefficient (Wildman–Crippen LogP) is 4.66. The number of ether oxygens (including phenoxy) is 1. The fourth-order valence-corrected chi connectivity index (χ4v) is 1.44. The summed E-state index contributed by atoms with van der Waals surface area (Å²) in [4.78, 5) is 0. The highest BCUT2D eigenvalue weighted by atomic mass is 16.5. The van der Waals surface area contributed by atoms with E-state index in [4.69, 9.17) is 4.74 Å². The van der Waals surface area contributed by atoms with Crippen LogP contribution in [-0.4, -0.2) is 14.2 Å². The summed E-state index contributed by atoms with van der Waals surface area (Å²) in [6, 6.07) is 10.3. The number of rotatable bonds is 3. The summed E-state index contributed by atoms with van der Waals surface area (Å²) in [7, 11) is 3.26. The van der Waals surface area contributed by atoms with Crippen LogP contribution in [0.1, 0.15) is 53.2 Å². The second kappa shape index (κ2) is 18.5. The molecule has 0 aliphatic carbocycles. The van der Waals surface area contributed by atoms with Crippen LogP contribution in [0.25, 0.3) is 0 Å². The average molecular weight is 255 g/mol. The molecule has 0 saturated carbocycles. The first kappa shape index (κ1) is 22.3. The Labute approximate surface area is 115 Å². The van der Waals surface area contributed by atoms with Crippen molar-refractivity contribution in [3.63, 3.8) is 0 Å². The van der Waals surface area contributed by atoms with Crippen LogP contribution in [-0.2, 0) is 4.74 Å². The van der Waals surface area contributed by atoms with Gasteiger partial charge in [-0.15, -0.1) is 0 Å². The molecule has 0 aliphatic rings. The molecule has 0 aliphatic heterocycles. The van der Waals surface area contributed by atoms with Gasteiger partial charge in [-0.1, -0.05) is 71.9 Å². The summed E-state index contributed by atoms with van der Waals surface area (Å²) in [6.45, 7) is 12.3. The van der Waals surface area contributed by atoms with Gasteiger partial charge in [0, 0.05) is 7.11 Å². The van der Waals surface area contributed by atoms with Gasteiger partial charge < -0.3 is 10.5 Å². The Kier molecular flexibility index (Phi) is 23.0. The number of hydrogen-bond donors (Lipinski definition) is 1. The van der Waals surface area contributed by atoms with E-state index in [0.29, 0.717) is 5.92 Å². The number of nitrogens with two attached hydrogens (primary N) is 1. The van der Waals surface area contributed by atoms with Crippen LogP contribution in [0.5, 0.6) is 0 Å². The van der Waals surface area contributed by atoms with Crippen molar-refractivity contribution in [1.82, 2.24) is 0 Å². The van der Waals surface area contributed by atoms with Gasteiger partial charge in [-0.05, 0) is 18.5 Å². The Morgan fingerprint density at radius 3 is 1.56 bits per heavy atom. The molecule has 0 aromatic heterocycles. The standard InChI is InChI=1S/C11H16O.2C2H6.CH5N/c1-9(2)11(12-3)10-7-5-4-6-8-10;3*1-2/h4-9,11H,1-3H3;2*1-2H3;2H2,1H3. The fraction of sp³-hybridized carbons (Fsp3) is 0.625. The van der Waals surface area contributed by atoms with E-state index in [2.05, 4.69) is 31.7 Å². The molecule has 1 aromatic carbocycles. The van der Waals surface area contributed by atoms with E-state index in [-0.39, 0.29) is 6.10 Å². The molecule has 0 amide bonds. The van der Waals surface area contributed by atoms with Gasteiger partial charge in [0.05, 0.1) is 6.10 Å². The maximum atomic E-state index is 5.40. The van der Waals surface area contributed by atoms with Crippen LogP contribution >= 0.6 is 0 Å². The molecular weight excluding hydrogens is 222 g/mol. The quantitative estimate of drug-likeness (QED) is 0.852. The summed E-state index contributed by atoms with van der Waals surface area (Å²) in [6.07, 6.45) is 0.228. The van der Waals surface area contributed by atoms with E-state index in [9.17, 15) is 0 Å². The maximum Gasteiger partial charge on any atom is 0.0844 e. The van der Waals surface area contributed by atoms with Crippen LogP contribution < -0.4 is 5.73 Å². The molecule has 0 fully saturated rings. The average Bonchev–Trinajstić information content (AvgIpc) is 2.47. The summed E-state index contributed by atoms with van der Waals surface area (Å²) in [5.74, 6) is 0.525. The number of methoxy groups -OCH3 is 1. The lowest BCUT2D eigenvalue weighted by Crippen LogP contribution is -2.08. The van der Waals surface area contributed by atoms with Gasteiger partial charge in [-0.3, -0.25) is 0 Å². The van der Waals surface area contributed by atoms with Gasteiger partial charge in [0.2, 0.25) is 0 Å². The Morgan fingerprint density at radius 1 is 0.889 bits per heavy atom. The van der Waals surface area contributed by atoms with Crippen molar-refractivity contribution < 1.29 is 4.74 Å². The molecular formula is C16H33NO. The summed E-state index contributed by atoms with van der Waals surface area (Å²) >= 11 is 0. The minimum absolute atomic E-state index is 0.228. The zero-order chi connectivity index (χ0) is 15.0. The molecule has 0 heterocycles. The Hall–Kier alpha value is -0.860. The zero-order valence-electron chi connectivity index (χ0n) is 13.5. The van der Waals surface area contributed by atoms with E-state index < -0.39 is 0 Å². The predicted molar refractivity (Wildman–Crippen MR) is 83.8 cm³/mol. The minimum Gasteiger partial charge on any atom is -0.376 e. The van der Waals surface area contributed by atoms with Crippen molar-refractivity contribution in [2.45, 2.75) is 47.6 Å². The van der Waals surface area contributed by atoms with Crippen molar-refractivity contribution in [2.24, 2.45) is 11.7 Å². The van der Waals surface area contributed by atoms with E-state index in [1.54, 1.807) is 7.11 Å². The summed E-state index contributed by atoms with van der Waals surface area (Å²) < 4.78 is 5.40. The van der Waals surface area contributed by atoms with Gasteiger partial charge >= 0.3 is 0 Å². The van der Waals surface area contributed by atoms with Gasteiger partial charge in [-0.2, -0.15) is 0 Å². The second-order valence-corrected chi connectivity index (χ2v) is 3.31. The molecule has 108 valence electrons. The highest BCUT2D eigenvalue weighted by Crippen LogP contribution is 2.24. The summed E-state index contributed by atoms with van der Waals surface area (Å²) in [5.41, 5.74) is 5.76. The van der Waals surface area contributed by atoms with Crippen LogP contribution in [0, 0.1) is 5.92 Å². The third kappa shape index (κ3) is 10.3. The third-order valence-electron chi connectivity index (χ3n) is 1.99. The third-order valence-corrected chi connectivity index (χ3v) is 1.99. The van der Waals surface area contributed by atoms with Crippen molar-refractivity contribution >= 4 is 0 Å². The van der Waals surface area contributed by atoms with Crippen molar-refractivity contribution in [2.75, 3.05) is 14.2 Å². The van der Waals surface area contributed by atoms with Crippen molar-refractivity contribution in [1.29, 1.82) is 0 Å². The smallest absolute Gasteiger partial charge is 0.0844 e. The van der Waals surface area contributed by atoms with Gasteiger partial charge in [0.25, 0.3) is 0 Å². The molecule has 18 heavy (non-hydrogen) atoms. The summed E-state index contributed by atoms with van der Waals surface area (Å²) in [5, 5.41) is 0. The van der Waals surface area contributed by atoms with Gasteiger partial charge in [-0.25, -0.2) is 0 Å². The molecule has 0 radical (unpaired) electrons. The highest BCUT2D eigenvalue weighted by Gasteiger charge is 2.13. The van der Waals surface area contributed by atoms with Crippen molar-refractivity contribution in [3.8, 4) is 0 Å². The van der Waals surface area contributed by atoms with Crippen LogP contribution in [0.3, 0.4) is 0 Å². The Bertz CT molecular complexity index is 222. The van der Waals surface area contributed by atoms with E-state index >= 15 is 0 Å². The van der Waals surface area contributed by atoms with Crippen molar-refractivity contribution in [3.05, 3.63) is 35.9 Å². The van der Waals surface area contributed by atoms with Gasteiger partial charge in [0.15, 0.2) is 0 Å². The molecule has 1 atom stereocenters. The topological polar surface area (TPSA) is 35.2 Å². The van der Waals surface area contributed by atoms with E-state index in [0.717, 1.165) is 0 Å². The first-order chi connectivity index (χ1) is 8.75. The van der Waals surface area contributed by atoms with E-state index in [1.807, 2.05) is 45.9 Å². The Balaban J connectivity index is -0.000000328. The fourth-order valence-electron chi connectivity index (χ4n) is 1.44. The second-order valence-electron chi connectivity index (χ2n) is 3.31. The molecule has 0 saturated heterocycles. The molecule has 0 spiro atoms. The molecule has 1 unspecified atom stereocenters. The number of benzene rings is 1. The lowest BCUT2D eigenvalue weighted by Gasteiger charge is -2.19. The lowest BCUT2D eigenvalue weighted by atomic mass is 9.99.